The molecule has 0 spiro atoms. The van der Waals surface area contributed by atoms with Crippen molar-refractivity contribution >= 4 is 11.8 Å². The van der Waals surface area contributed by atoms with Gasteiger partial charge in [0.25, 0.3) is 0 Å². The average molecular weight is 320 g/mol. The summed E-state index contributed by atoms with van der Waals surface area (Å²) in [5.41, 5.74) is 0.812. The van der Waals surface area contributed by atoms with Crippen molar-refractivity contribution in [2.24, 2.45) is 5.92 Å². The van der Waals surface area contributed by atoms with Crippen LogP contribution in [0.4, 0.5) is 4.39 Å². The van der Waals surface area contributed by atoms with Crippen LogP contribution in [-0.4, -0.2) is 47.8 Å². The highest BCUT2D eigenvalue weighted by Crippen LogP contribution is 2.14. The summed E-state index contributed by atoms with van der Waals surface area (Å²) in [5, 5.41) is 0. The van der Waals surface area contributed by atoms with Gasteiger partial charge in [-0.2, -0.15) is 0 Å². The molecular formula is C18H25FN2O2. The monoisotopic (exact) mass is 320 g/mol. The number of halogens is 1. The molecule has 0 saturated carbocycles. The van der Waals surface area contributed by atoms with Gasteiger partial charge in [-0.05, 0) is 30.5 Å². The van der Waals surface area contributed by atoms with Crippen molar-refractivity contribution in [3.8, 4) is 0 Å². The Balaban J connectivity index is 1.85. The molecule has 4 nitrogen and oxygen atoms in total. The van der Waals surface area contributed by atoms with Gasteiger partial charge in [-0.1, -0.05) is 26.0 Å². The van der Waals surface area contributed by atoms with Crippen LogP contribution in [0.15, 0.2) is 24.3 Å². The first kappa shape index (κ1) is 17.4. The van der Waals surface area contributed by atoms with E-state index in [-0.39, 0.29) is 30.0 Å². The average Bonchev–Trinajstić information content (AvgIpc) is 2.58. The highest BCUT2D eigenvalue weighted by molar-refractivity contribution is 5.81. The molecule has 0 atom stereocenters. The van der Waals surface area contributed by atoms with Crippen LogP contribution in [0.2, 0.25) is 0 Å². The number of benzene rings is 1. The lowest BCUT2D eigenvalue weighted by Crippen LogP contribution is -2.52. The smallest absolute Gasteiger partial charge is 0.227 e. The molecule has 0 aromatic heterocycles. The summed E-state index contributed by atoms with van der Waals surface area (Å²) >= 11 is 0. The van der Waals surface area contributed by atoms with Gasteiger partial charge in [0.05, 0.1) is 6.42 Å². The Bertz CT molecular complexity index is 532. The third kappa shape index (κ3) is 4.53. The van der Waals surface area contributed by atoms with Gasteiger partial charge in [0, 0.05) is 32.1 Å². The molecule has 1 aromatic rings. The quantitative estimate of drug-likeness (QED) is 0.836. The van der Waals surface area contributed by atoms with Gasteiger partial charge in [0.2, 0.25) is 11.8 Å². The van der Waals surface area contributed by atoms with Crippen LogP contribution in [0.25, 0.3) is 0 Å². The summed E-state index contributed by atoms with van der Waals surface area (Å²) in [7, 11) is 0. The zero-order chi connectivity index (χ0) is 16.8. The highest BCUT2D eigenvalue weighted by atomic mass is 19.1. The molecule has 23 heavy (non-hydrogen) atoms. The maximum atomic E-state index is 12.9. The SMILES string of the molecule is CCC(CC)C(=O)N1CCN(C(=O)Cc2ccc(F)cc2)CC1. The Morgan fingerprint density at radius 3 is 2.04 bits per heavy atom. The lowest BCUT2D eigenvalue weighted by atomic mass is 10.0. The number of carbonyl (C=O) groups is 2. The predicted molar refractivity (Wildman–Crippen MR) is 87.3 cm³/mol. The van der Waals surface area contributed by atoms with Crippen molar-refractivity contribution in [2.75, 3.05) is 26.2 Å². The molecule has 0 unspecified atom stereocenters. The van der Waals surface area contributed by atoms with Gasteiger partial charge in [-0.15, -0.1) is 0 Å². The van der Waals surface area contributed by atoms with E-state index in [2.05, 4.69) is 0 Å². The zero-order valence-corrected chi connectivity index (χ0v) is 13.9. The van der Waals surface area contributed by atoms with E-state index in [1.165, 1.54) is 12.1 Å². The van der Waals surface area contributed by atoms with Crippen LogP contribution in [0.1, 0.15) is 32.3 Å². The fourth-order valence-corrected chi connectivity index (χ4v) is 2.96. The fourth-order valence-electron chi connectivity index (χ4n) is 2.96. The van der Waals surface area contributed by atoms with E-state index in [9.17, 15) is 14.0 Å². The maximum Gasteiger partial charge on any atom is 0.227 e. The van der Waals surface area contributed by atoms with Crippen molar-refractivity contribution < 1.29 is 14.0 Å². The van der Waals surface area contributed by atoms with Crippen LogP contribution in [-0.2, 0) is 16.0 Å². The van der Waals surface area contributed by atoms with E-state index in [1.807, 2.05) is 18.7 Å². The number of nitrogens with zero attached hydrogens (tertiary/aromatic N) is 2. The van der Waals surface area contributed by atoms with E-state index >= 15 is 0 Å². The van der Waals surface area contributed by atoms with E-state index in [4.69, 9.17) is 0 Å². The second-order valence-electron chi connectivity index (χ2n) is 6.02. The lowest BCUT2D eigenvalue weighted by Gasteiger charge is -2.36. The van der Waals surface area contributed by atoms with Crippen molar-refractivity contribution in [3.05, 3.63) is 35.6 Å². The number of hydrogen-bond donors (Lipinski definition) is 0. The highest BCUT2D eigenvalue weighted by Gasteiger charge is 2.27. The summed E-state index contributed by atoms with van der Waals surface area (Å²) in [6.07, 6.45) is 2.00. The Morgan fingerprint density at radius 1 is 1.00 bits per heavy atom. The molecule has 1 saturated heterocycles. The van der Waals surface area contributed by atoms with Gasteiger partial charge >= 0.3 is 0 Å². The Morgan fingerprint density at radius 2 is 1.52 bits per heavy atom. The fraction of sp³-hybridized carbons (Fsp3) is 0.556. The Hall–Kier alpha value is -1.91. The second-order valence-corrected chi connectivity index (χ2v) is 6.02. The number of carbonyl (C=O) groups excluding carboxylic acids is 2. The zero-order valence-electron chi connectivity index (χ0n) is 13.9. The predicted octanol–water partition coefficient (Wildman–Crippen LogP) is 2.48. The number of piperazine rings is 1. The molecule has 0 N–H and O–H groups in total. The number of hydrogen-bond acceptors (Lipinski definition) is 2. The molecule has 1 aromatic carbocycles. The van der Waals surface area contributed by atoms with Gasteiger partial charge < -0.3 is 9.80 Å². The van der Waals surface area contributed by atoms with Gasteiger partial charge in [0.1, 0.15) is 5.82 Å². The minimum atomic E-state index is -0.297. The molecule has 1 fully saturated rings. The van der Waals surface area contributed by atoms with Crippen LogP contribution in [0.3, 0.4) is 0 Å². The lowest BCUT2D eigenvalue weighted by molar-refractivity contribution is -0.142. The molecule has 1 aliphatic rings. The van der Waals surface area contributed by atoms with E-state index < -0.39 is 0 Å². The Kier molecular flexibility index (Phi) is 6.13. The van der Waals surface area contributed by atoms with Crippen molar-refractivity contribution in [2.45, 2.75) is 33.1 Å². The van der Waals surface area contributed by atoms with Crippen LogP contribution in [0, 0.1) is 11.7 Å². The van der Waals surface area contributed by atoms with Crippen molar-refractivity contribution in [1.82, 2.24) is 9.80 Å². The van der Waals surface area contributed by atoms with Crippen LogP contribution < -0.4 is 0 Å². The van der Waals surface area contributed by atoms with E-state index in [1.54, 1.807) is 17.0 Å². The van der Waals surface area contributed by atoms with Gasteiger partial charge in [-0.25, -0.2) is 4.39 Å². The topological polar surface area (TPSA) is 40.6 Å². The normalized spacial score (nSPS) is 15.1. The second kappa shape index (κ2) is 8.09. The minimum absolute atomic E-state index is 0.0336. The number of rotatable bonds is 5. The van der Waals surface area contributed by atoms with Crippen LogP contribution in [0.5, 0.6) is 0 Å². The van der Waals surface area contributed by atoms with Crippen molar-refractivity contribution in [3.63, 3.8) is 0 Å². The summed E-state index contributed by atoms with van der Waals surface area (Å²) in [6.45, 7) is 6.43. The third-order valence-electron chi connectivity index (χ3n) is 4.55. The summed E-state index contributed by atoms with van der Waals surface area (Å²) in [5.74, 6) is 0.0399. The first-order valence-corrected chi connectivity index (χ1v) is 8.36. The van der Waals surface area contributed by atoms with E-state index in [0.29, 0.717) is 26.2 Å². The Labute approximate surface area is 137 Å². The largest absolute Gasteiger partial charge is 0.339 e. The summed E-state index contributed by atoms with van der Waals surface area (Å²) in [4.78, 5) is 28.3. The first-order chi connectivity index (χ1) is 11.0. The molecule has 2 amide bonds. The van der Waals surface area contributed by atoms with Gasteiger partial charge in [-0.3, -0.25) is 9.59 Å². The first-order valence-electron chi connectivity index (χ1n) is 8.36. The summed E-state index contributed by atoms with van der Waals surface area (Å²) in [6, 6.07) is 6.02. The standard InChI is InChI=1S/C18H25FN2O2/c1-3-15(4-2)18(23)21-11-9-20(10-12-21)17(22)13-14-5-7-16(19)8-6-14/h5-8,15H,3-4,9-13H2,1-2H3. The molecule has 2 rings (SSSR count). The van der Waals surface area contributed by atoms with Gasteiger partial charge in [0.15, 0.2) is 0 Å². The molecule has 5 heteroatoms. The molecule has 126 valence electrons. The molecule has 1 aliphatic heterocycles. The molecule has 0 aliphatic carbocycles. The third-order valence-corrected chi connectivity index (χ3v) is 4.55. The maximum absolute atomic E-state index is 12.9. The van der Waals surface area contributed by atoms with Crippen LogP contribution >= 0.6 is 0 Å². The summed E-state index contributed by atoms with van der Waals surface area (Å²) < 4.78 is 12.9. The number of amides is 2. The van der Waals surface area contributed by atoms with E-state index in [0.717, 1.165) is 18.4 Å². The molecular weight excluding hydrogens is 295 g/mol. The molecule has 0 radical (unpaired) electrons. The minimum Gasteiger partial charge on any atom is -0.339 e. The molecule has 1 heterocycles. The molecule has 0 bridgehead atoms. The van der Waals surface area contributed by atoms with Crippen molar-refractivity contribution in [1.29, 1.82) is 0 Å².